The molecule has 2 amide bonds. The molecular formula is C12H16N4O3. The summed E-state index contributed by atoms with van der Waals surface area (Å²) < 4.78 is 0. The van der Waals surface area contributed by atoms with E-state index in [-0.39, 0.29) is 19.1 Å². The number of rotatable bonds is 5. The van der Waals surface area contributed by atoms with Gasteiger partial charge in [0.05, 0.1) is 17.7 Å². The molecule has 0 atom stereocenters. The highest BCUT2D eigenvalue weighted by Crippen LogP contribution is 2.45. The quantitative estimate of drug-likeness (QED) is 0.716. The number of nitrogens with one attached hydrogen (secondary N) is 2. The van der Waals surface area contributed by atoms with Crippen molar-refractivity contribution in [2.24, 2.45) is 5.41 Å². The molecule has 0 aromatic carbocycles. The van der Waals surface area contributed by atoms with Gasteiger partial charge in [0, 0.05) is 12.7 Å². The Kier molecular flexibility index (Phi) is 3.64. The normalized spacial score (nSPS) is 15.6. The smallest absolute Gasteiger partial charge is 0.315 e. The van der Waals surface area contributed by atoms with Gasteiger partial charge in [-0.3, -0.25) is 4.79 Å². The number of nitrogens with zero attached hydrogens (tertiary/aromatic N) is 2. The lowest BCUT2D eigenvalue weighted by atomic mass is 10.1. The van der Waals surface area contributed by atoms with Crippen molar-refractivity contribution < 1.29 is 14.7 Å². The summed E-state index contributed by atoms with van der Waals surface area (Å²) in [7, 11) is 0. The van der Waals surface area contributed by atoms with Crippen LogP contribution in [0.3, 0.4) is 0 Å². The molecule has 102 valence electrons. The van der Waals surface area contributed by atoms with Gasteiger partial charge < -0.3 is 15.7 Å². The molecule has 1 fully saturated rings. The zero-order valence-corrected chi connectivity index (χ0v) is 10.6. The number of aliphatic carboxylic acids is 1. The molecule has 7 nitrogen and oxygen atoms in total. The second-order valence-corrected chi connectivity index (χ2v) is 4.72. The molecular weight excluding hydrogens is 248 g/mol. The van der Waals surface area contributed by atoms with Crippen LogP contribution < -0.4 is 10.6 Å². The minimum atomic E-state index is -0.848. The standard InChI is InChI=1S/C12H16N4O3/c1-8-13-5-2-9(16-8)6-14-11(19)15-7-12(3-4-12)10(17)18/h2,5H,3-4,6-7H2,1H3,(H,17,18)(H2,14,15,19). The zero-order chi connectivity index (χ0) is 13.9. The van der Waals surface area contributed by atoms with Crippen LogP contribution in [0.4, 0.5) is 4.79 Å². The Morgan fingerprint density at radius 2 is 2.16 bits per heavy atom. The predicted octanol–water partition coefficient (Wildman–Crippen LogP) is 0.449. The van der Waals surface area contributed by atoms with Crippen molar-refractivity contribution in [1.82, 2.24) is 20.6 Å². The van der Waals surface area contributed by atoms with E-state index in [0.29, 0.717) is 24.4 Å². The molecule has 0 bridgehead atoms. The Bertz CT molecular complexity index is 500. The number of aryl methyl sites for hydroxylation is 1. The van der Waals surface area contributed by atoms with Crippen LogP contribution in [0.5, 0.6) is 0 Å². The number of carbonyl (C=O) groups excluding carboxylic acids is 1. The molecule has 7 heteroatoms. The van der Waals surface area contributed by atoms with Crippen LogP contribution in [-0.2, 0) is 11.3 Å². The molecule has 1 aromatic heterocycles. The fourth-order valence-corrected chi connectivity index (χ4v) is 1.70. The highest BCUT2D eigenvalue weighted by Gasteiger charge is 2.50. The number of urea groups is 1. The molecule has 1 saturated carbocycles. The number of hydrogen-bond donors (Lipinski definition) is 3. The number of amides is 2. The monoisotopic (exact) mass is 264 g/mol. The number of carbonyl (C=O) groups is 2. The van der Waals surface area contributed by atoms with Crippen molar-refractivity contribution in [3.63, 3.8) is 0 Å². The first-order valence-electron chi connectivity index (χ1n) is 6.05. The van der Waals surface area contributed by atoms with E-state index in [2.05, 4.69) is 20.6 Å². The van der Waals surface area contributed by atoms with Gasteiger partial charge in [-0.2, -0.15) is 0 Å². The first-order valence-corrected chi connectivity index (χ1v) is 6.05. The van der Waals surface area contributed by atoms with Crippen LogP contribution in [-0.4, -0.2) is 33.6 Å². The van der Waals surface area contributed by atoms with Crippen LogP contribution in [0.25, 0.3) is 0 Å². The van der Waals surface area contributed by atoms with Crippen molar-refractivity contribution in [3.8, 4) is 0 Å². The number of carboxylic acids is 1. The van der Waals surface area contributed by atoms with Crippen LogP contribution in [0.15, 0.2) is 12.3 Å². The summed E-state index contributed by atoms with van der Waals surface area (Å²) >= 11 is 0. The maximum atomic E-state index is 11.5. The molecule has 1 aliphatic carbocycles. The van der Waals surface area contributed by atoms with E-state index >= 15 is 0 Å². The van der Waals surface area contributed by atoms with Gasteiger partial charge in [-0.05, 0) is 25.8 Å². The second-order valence-electron chi connectivity index (χ2n) is 4.72. The van der Waals surface area contributed by atoms with E-state index in [1.807, 2.05) is 0 Å². The van der Waals surface area contributed by atoms with Crippen molar-refractivity contribution in [3.05, 3.63) is 23.8 Å². The average molecular weight is 264 g/mol. The highest BCUT2D eigenvalue weighted by molar-refractivity contribution is 5.80. The Labute approximate surface area is 110 Å². The molecule has 0 unspecified atom stereocenters. The summed E-state index contributed by atoms with van der Waals surface area (Å²) in [5.74, 6) is -0.207. The fraction of sp³-hybridized carbons (Fsp3) is 0.500. The summed E-state index contributed by atoms with van der Waals surface area (Å²) in [6.45, 7) is 2.22. The van der Waals surface area contributed by atoms with E-state index in [1.54, 1.807) is 19.2 Å². The molecule has 1 aliphatic rings. The lowest BCUT2D eigenvalue weighted by molar-refractivity contribution is -0.143. The first-order chi connectivity index (χ1) is 9.02. The van der Waals surface area contributed by atoms with Gasteiger partial charge in [0.25, 0.3) is 0 Å². The fourth-order valence-electron chi connectivity index (χ4n) is 1.70. The third kappa shape index (κ3) is 3.40. The highest BCUT2D eigenvalue weighted by atomic mass is 16.4. The largest absolute Gasteiger partial charge is 0.481 e. The lowest BCUT2D eigenvalue weighted by Gasteiger charge is -2.11. The minimum Gasteiger partial charge on any atom is -0.481 e. The maximum absolute atomic E-state index is 11.5. The van der Waals surface area contributed by atoms with Gasteiger partial charge in [0.2, 0.25) is 0 Å². The van der Waals surface area contributed by atoms with Crippen LogP contribution in [0.2, 0.25) is 0 Å². The van der Waals surface area contributed by atoms with Gasteiger partial charge >= 0.3 is 12.0 Å². The van der Waals surface area contributed by atoms with Gasteiger partial charge in [-0.25, -0.2) is 14.8 Å². The Morgan fingerprint density at radius 3 is 2.74 bits per heavy atom. The molecule has 0 radical (unpaired) electrons. The van der Waals surface area contributed by atoms with E-state index < -0.39 is 11.4 Å². The molecule has 3 N–H and O–H groups in total. The Morgan fingerprint density at radius 1 is 1.42 bits per heavy atom. The minimum absolute atomic E-state index is 0.164. The topological polar surface area (TPSA) is 104 Å². The van der Waals surface area contributed by atoms with Gasteiger partial charge in [0.1, 0.15) is 5.82 Å². The van der Waals surface area contributed by atoms with Gasteiger partial charge in [0.15, 0.2) is 0 Å². The number of aromatic nitrogens is 2. The van der Waals surface area contributed by atoms with Gasteiger partial charge in [-0.15, -0.1) is 0 Å². The molecule has 1 heterocycles. The molecule has 1 aromatic rings. The first kappa shape index (κ1) is 13.3. The zero-order valence-electron chi connectivity index (χ0n) is 10.6. The molecule has 19 heavy (non-hydrogen) atoms. The molecule has 0 spiro atoms. The van der Waals surface area contributed by atoms with Crippen molar-refractivity contribution >= 4 is 12.0 Å². The Hall–Kier alpha value is -2.18. The van der Waals surface area contributed by atoms with E-state index in [0.717, 1.165) is 0 Å². The van der Waals surface area contributed by atoms with Crippen molar-refractivity contribution in [1.29, 1.82) is 0 Å². The van der Waals surface area contributed by atoms with Crippen LogP contribution in [0.1, 0.15) is 24.4 Å². The molecule has 0 saturated heterocycles. The van der Waals surface area contributed by atoms with Crippen molar-refractivity contribution in [2.45, 2.75) is 26.3 Å². The van der Waals surface area contributed by atoms with E-state index in [1.165, 1.54) is 0 Å². The maximum Gasteiger partial charge on any atom is 0.315 e. The predicted molar refractivity (Wildman–Crippen MR) is 66.3 cm³/mol. The molecule has 0 aliphatic heterocycles. The lowest BCUT2D eigenvalue weighted by Crippen LogP contribution is -2.40. The third-order valence-corrected chi connectivity index (χ3v) is 3.16. The summed E-state index contributed by atoms with van der Waals surface area (Å²) in [6.07, 6.45) is 2.86. The van der Waals surface area contributed by atoms with Gasteiger partial charge in [-0.1, -0.05) is 0 Å². The summed E-state index contributed by atoms with van der Waals surface area (Å²) in [4.78, 5) is 30.6. The van der Waals surface area contributed by atoms with Crippen molar-refractivity contribution in [2.75, 3.05) is 6.54 Å². The van der Waals surface area contributed by atoms with E-state index in [4.69, 9.17) is 5.11 Å². The number of carboxylic acid groups (broad SMARTS) is 1. The van der Waals surface area contributed by atoms with Crippen LogP contribution in [0, 0.1) is 12.3 Å². The third-order valence-electron chi connectivity index (χ3n) is 3.16. The summed E-state index contributed by atoms with van der Waals surface area (Å²) in [5.41, 5.74) is -0.0370. The summed E-state index contributed by atoms with van der Waals surface area (Å²) in [5, 5.41) is 14.2. The second kappa shape index (κ2) is 5.21. The SMILES string of the molecule is Cc1nccc(CNC(=O)NCC2(C(=O)O)CC2)n1. The number of hydrogen-bond acceptors (Lipinski definition) is 4. The molecule has 2 rings (SSSR count). The van der Waals surface area contributed by atoms with Crippen LogP contribution >= 0.6 is 0 Å². The Balaban J connectivity index is 1.75. The van der Waals surface area contributed by atoms with E-state index in [9.17, 15) is 9.59 Å². The summed E-state index contributed by atoms with van der Waals surface area (Å²) in [6, 6.07) is 1.33. The average Bonchev–Trinajstić information content (AvgIpc) is 3.15.